The van der Waals surface area contributed by atoms with Gasteiger partial charge in [0.1, 0.15) is 4.21 Å². The Morgan fingerprint density at radius 2 is 1.90 bits per heavy atom. The second kappa shape index (κ2) is 10.2. The highest BCUT2D eigenvalue weighted by molar-refractivity contribution is 7.91. The molecule has 0 aliphatic carbocycles. The topological polar surface area (TPSA) is 69.7 Å². The van der Waals surface area contributed by atoms with Crippen molar-refractivity contribution in [1.29, 1.82) is 0 Å². The molecule has 0 radical (unpaired) electrons. The van der Waals surface area contributed by atoms with Gasteiger partial charge in [-0.25, -0.2) is 8.42 Å². The summed E-state index contributed by atoms with van der Waals surface area (Å²) in [5, 5.41) is 4.80. The molecule has 1 aromatic carbocycles. The van der Waals surface area contributed by atoms with Crippen LogP contribution in [0.2, 0.25) is 0 Å². The van der Waals surface area contributed by atoms with Crippen LogP contribution >= 0.6 is 11.3 Å². The van der Waals surface area contributed by atoms with Crippen LogP contribution in [-0.4, -0.2) is 51.4 Å². The third-order valence-electron chi connectivity index (χ3n) is 5.32. The van der Waals surface area contributed by atoms with Crippen LogP contribution in [0, 0.1) is 5.92 Å². The molecule has 29 heavy (non-hydrogen) atoms. The van der Waals surface area contributed by atoms with Crippen molar-refractivity contribution in [2.75, 3.05) is 37.6 Å². The van der Waals surface area contributed by atoms with Crippen LogP contribution in [0.5, 0.6) is 0 Å². The van der Waals surface area contributed by atoms with Crippen LogP contribution in [0.1, 0.15) is 26.2 Å². The van der Waals surface area contributed by atoms with Crippen molar-refractivity contribution in [2.24, 2.45) is 5.92 Å². The molecule has 1 aliphatic rings. The predicted octanol–water partition coefficient (Wildman–Crippen LogP) is 3.18. The van der Waals surface area contributed by atoms with E-state index in [2.05, 4.69) is 29.3 Å². The van der Waals surface area contributed by atoms with Gasteiger partial charge in [0.05, 0.1) is 0 Å². The van der Waals surface area contributed by atoms with Crippen molar-refractivity contribution in [3.05, 3.63) is 47.8 Å². The second-order valence-corrected chi connectivity index (χ2v) is 10.3. The monoisotopic (exact) mass is 435 g/mol. The first-order valence-corrected chi connectivity index (χ1v) is 12.5. The Kier molecular flexibility index (Phi) is 7.69. The lowest BCUT2D eigenvalue weighted by Crippen LogP contribution is -2.43. The number of hydrogen-bond acceptors (Lipinski definition) is 5. The quantitative estimate of drug-likeness (QED) is 0.614. The Labute approximate surface area is 177 Å². The van der Waals surface area contributed by atoms with E-state index in [-0.39, 0.29) is 11.8 Å². The molecule has 0 spiro atoms. The number of hydrogen-bond donors (Lipinski definition) is 1. The predicted molar refractivity (Wildman–Crippen MR) is 118 cm³/mol. The second-order valence-electron chi connectivity index (χ2n) is 7.17. The van der Waals surface area contributed by atoms with Crippen LogP contribution in [0.4, 0.5) is 5.69 Å². The molecule has 1 fully saturated rings. The summed E-state index contributed by atoms with van der Waals surface area (Å²) in [6, 6.07) is 13.6. The van der Waals surface area contributed by atoms with Crippen LogP contribution in [0.3, 0.4) is 0 Å². The van der Waals surface area contributed by atoms with Gasteiger partial charge in [0, 0.05) is 44.3 Å². The van der Waals surface area contributed by atoms with Crippen molar-refractivity contribution in [3.63, 3.8) is 0 Å². The van der Waals surface area contributed by atoms with E-state index in [0.717, 1.165) is 19.5 Å². The van der Waals surface area contributed by atoms with Gasteiger partial charge in [-0.15, -0.1) is 11.3 Å². The van der Waals surface area contributed by atoms with Gasteiger partial charge in [-0.05, 0) is 49.8 Å². The third kappa shape index (κ3) is 5.58. The Morgan fingerprint density at radius 1 is 1.17 bits per heavy atom. The van der Waals surface area contributed by atoms with E-state index >= 15 is 0 Å². The van der Waals surface area contributed by atoms with Crippen LogP contribution < -0.4 is 10.2 Å². The van der Waals surface area contributed by atoms with Crippen LogP contribution in [0.25, 0.3) is 0 Å². The standard InChI is InChI=1S/C21H29N3O3S2/c1-2-23(19-8-4-3-5-9-19)14-7-13-22-21(25)18-11-15-24(16-12-18)29(26,27)20-10-6-17-28-20/h3-6,8-10,17-18H,2,7,11-16H2,1H3,(H,22,25). The van der Waals surface area contributed by atoms with E-state index in [1.165, 1.54) is 21.3 Å². The van der Waals surface area contributed by atoms with Gasteiger partial charge in [0.25, 0.3) is 10.0 Å². The summed E-state index contributed by atoms with van der Waals surface area (Å²) in [6.07, 6.45) is 2.02. The molecular formula is C21H29N3O3S2. The summed E-state index contributed by atoms with van der Waals surface area (Å²) in [5.41, 5.74) is 1.20. The lowest BCUT2D eigenvalue weighted by Gasteiger charge is -2.30. The fraction of sp³-hybridized carbons (Fsp3) is 0.476. The number of thiophene rings is 1. The number of rotatable bonds is 9. The van der Waals surface area contributed by atoms with Gasteiger partial charge < -0.3 is 10.2 Å². The molecule has 8 heteroatoms. The maximum Gasteiger partial charge on any atom is 0.252 e. The van der Waals surface area contributed by atoms with E-state index in [1.807, 2.05) is 18.2 Å². The van der Waals surface area contributed by atoms with E-state index in [9.17, 15) is 13.2 Å². The van der Waals surface area contributed by atoms with Gasteiger partial charge in [-0.2, -0.15) is 4.31 Å². The van der Waals surface area contributed by atoms with E-state index in [0.29, 0.717) is 36.7 Å². The number of nitrogens with one attached hydrogen (secondary N) is 1. The molecule has 0 atom stereocenters. The van der Waals surface area contributed by atoms with Crippen molar-refractivity contribution in [2.45, 2.75) is 30.4 Å². The first-order chi connectivity index (χ1) is 14.0. The lowest BCUT2D eigenvalue weighted by molar-refractivity contribution is -0.126. The Balaban J connectivity index is 1.40. The van der Waals surface area contributed by atoms with E-state index in [1.54, 1.807) is 17.5 Å². The van der Waals surface area contributed by atoms with Gasteiger partial charge >= 0.3 is 0 Å². The molecule has 1 aromatic heterocycles. The molecule has 158 valence electrons. The van der Waals surface area contributed by atoms with Crippen molar-refractivity contribution >= 4 is 33.0 Å². The highest BCUT2D eigenvalue weighted by Gasteiger charge is 2.32. The molecule has 2 aromatic rings. The maximum atomic E-state index is 12.6. The highest BCUT2D eigenvalue weighted by Crippen LogP contribution is 2.26. The minimum atomic E-state index is -3.41. The van der Waals surface area contributed by atoms with Crippen LogP contribution in [-0.2, 0) is 14.8 Å². The summed E-state index contributed by atoms with van der Waals surface area (Å²) < 4.78 is 27.0. The largest absolute Gasteiger partial charge is 0.372 e. The summed E-state index contributed by atoms with van der Waals surface area (Å²) in [5.74, 6) is -0.0675. The molecule has 2 heterocycles. The molecule has 0 unspecified atom stereocenters. The molecule has 0 bridgehead atoms. The number of carbonyl (C=O) groups excluding carboxylic acids is 1. The van der Waals surface area contributed by atoms with Crippen molar-refractivity contribution in [1.82, 2.24) is 9.62 Å². The summed E-state index contributed by atoms with van der Waals surface area (Å²) in [4.78, 5) is 14.8. The fourth-order valence-corrected chi connectivity index (χ4v) is 6.24. The van der Waals surface area contributed by atoms with E-state index < -0.39 is 10.0 Å². The first-order valence-electron chi connectivity index (χ1n) is 10.1. The van der Waals surface area contributed by atoms with E-state index in [4.69, 9.17) is 0 Å². The summed E-state index contributed by atoms with van der Waals surface area (Å²) in [7, 11) is -3.41. The number of carbonyl (C=O) groups is 1. The lowest BCUT2D eigenvalue weighted by atomic mass is 9.97. The first kappa shape index (κ1) is 21.8. The Morgan fingerprint density at radius 3 is 2.52 bits per heavy atom. The number of anilines is 1. The van der Waals surface area contributed by atoms with Crippen molar-refractivity contribution in [3.8, 4) is 0 Å². The van der Waals surface area contributed by atoms with Crippen molar-refractivity contribution < 1.29 is 13.2 Å². The van der Waals surface area contributed by atoms with Gasteiger partial charge in [-0.3, -0.25) is 4.79 Å². The molecule has 3 rings (SSSR count). The minimum absolute atomic E-state index is 0.0425. The van der Waals surface area contributed by atoms with Gasteiger partial charge in [0.2, 0.25) is 5.91 Å². The van der Waals surface area contributed by atoms with Gasteiger partial charge in [-0.1, -0.05) is 24.3 Å². The molecular weight excluding hydrogens is 406 g/mol. The number of benzene rings is 1. The Bertz CT molecular complexity index is 862. The normalized spacial score (nSPS) is 15.9. The maximum absolute atomic E-state index is 12.6. The molecule has 1 amide bonds. The minimum Gasteiger partial charge on any atom is -0.372 e. The van der Waals surface area contributed by atoms with Gasteiger partial charge in [0.15, 0.2) is 0 Å². The summed E-state index contributed by atoms with van der Waals surface area (Å²) in [6.45, 7) is 5.37. The van der Waals surface area contributed by atoms with Crippen LogP contribution in [0.15, 0.2) is 52.1 Å². The third-order valence-corrected chi connectivity index (χ3v) is 8.59. The fourth-order valence-electron chi connectivity index (χ4n) is 3.63. The molecule has 1 aliphatic heterocycles. The SMILES string of the molecule is CCN(CCCNC(=O)C1CCN(S(=O)(=O)c2cccs2)CC1)c1ccccc1. The zero-order valence-electron chi connectivity index (χ0n) is 16.8. The molecule has 0 saturated carbocycles. The average Bonchev–Trinajstić information content (AvgIpc) is 3.30. The number of nitrogens with zero attached hydrogens (tertiary/aromatic N) is 2. The molecule has 1 saturated heterocycles. The Hall–Kier alpha value is -1.90. The smallest absolute Gasteiger partial charge is 0.252 e. The number of amides is 1. The number of piperidine rings is 1. The summed E-state index contributed by atoms with van der Waals surface area (Å²) >= 11 is 1.23. The molecule has 1 N–H and O–H groups in total. The molecule has 6 nitrogen and oxygen atoms in total. The average molecular weight is 436 g/mol. The zero-order chi connectivity index (χ0) is 20.7. The number of para-hydroxylation sites is 1. The highest BCUT2D eigenvalue weighted by atomic mass is 32.2. The number of sulfonamides is 1. The zero-order valence-corrected chi connectivity index (χ0v) is 18.4.